The molecule has 2 fully saturated rings. The lowest BCUT2D eigenvalue weighted by Gasteiger charge is -2.41. The monoisotopic (exact) mass is 330 g/mol. The van der Waals surface area contributed by atoms with E-state index in [-0.39, 0.29) is 29.8 Å². The van der Waals surface area contributed by atoms with E-state index in [1.165, 1.54) is 0 Å². The number of phenolic OH excluding ortho intramolecular Hbond substituents is 1. The molecule has 0 spiro atoms. The van der Waals surface area contributed by atoms with Crippen molar-refractivity contribution in [3.8, 4) is 5.75 Å². The van der Waals surface area contributed by atoms with Crippen molar-refractivity contribution in [1.29, 1.82) is 0 Å². The molecule has 1 unspecified atom stereocenters. The first-order chi connectivity index (χ1) is 11.5. The fraction of sp³-hybridized carbons (Fsp3) is 0.600. The maximum absolute atomic E-state index is 12.1. The van der Waals surface area contributed by atoms with Crippen molar-refractivity contribution in [1.82, 2.24) is 0 Å². The molecule has 2 aliphatic rings. The van der Waals surface area contributed by atoms with E-state index in [4.69, 9.17) is 4.74 Å². The zero-order chi connectivity index (χ0) is 17.2. The van der Waals surface area contributed by atoms with Crippen LogP contribution in [-0.2, 0) is 27.2 Å². The number of rotatable bonds is 5. The smallest absolute Gasteiger partial charge is 0.313 e. The molecule has 0 amide bonds. The second-order valence-corrected chi connectivity index (χ2v) is 7.27. The number of Topliss-reactive ketones (excluding diaryl/α,β-unsaturated/α-hetero) is 1. The average molecular weight is 330 g/mol. The molecule has 3 rings (SSSR count). The second-order valence-electron chi connectivity index (χ2n) is 7.27. The summed E-state index contributed by atoms with van der Waals surface area (Å²) in [5.41, 5.74) is 1.50. The highest BCUT2D eigenvalue weighted by Crippen LogP contribution is 2.44. The molecule has 0 radical (unpaired) electrons. The van der Waals surface area contributed by atoms with E-state index < -0.39 is 5.60 Å². The summed E-state index contributed by atoms with van der Waals surface area (Å²) in [7, 11) is 0. The topological polar surface area (TPSA) is 63.6 Å². The van der Waals surface area contributed by atoms with Crippen molar-refractivity contribution in [3.05, 3.63) is 29.3 Å². The Labute approximate surface area is 143 Å². The third-order valence-electron chi connectivity index (χ3n) is 5.54. The molecule has 1 aromatic rings. The first-order valence-corrected chi connectivity index (χ1v) is 9.06. The fourth-order valence-electron chi connectivity index (χ4n) is 4.33. The molecule has 1 N–H and O–H groups in total. The van der Waals surface area contributed by atoms with Gasteiger partial charge in [-0.05, 0) is 61.3 Å². The molecule has 1 heterocycles. The summed E-state index contributed by atoms with van der Waals surface area (Å²) in [6.07, 6.45) is 6.84. The predicted octanol–water partition coefficient (Wildman–Crippen LogP) is 3.72. The van der Waals surface area contributed by atoms with E-state index >= 15 is 0 Å². The average Bonchev–Trinajstić information content (AvgIpc) is 3.06. The number of aromatic hydroxyl groups is 1. The molecule has 1 saturated carbocycles. The molecule has 130 valence electrons. The lowest BCUT2D eigenvalue weighted by molar-refractivity contribution is -0.178. The first kappa shape index (κ1) is 17.0. The third-order valence-corrected chi connectivity index (χ3v) is 5.54. The van der Waals surface area contributed by atoms with Gasteiger partial charge in [-0.1, -0.05) is 25.8 Å². The minimum atomic E-state index is -0.638. The number of aryl methyl sites for hydroxylation is 2. The van der Waals surface area contributed by atoms with Crippen LogP contribution in [0.1, 0.15) is 63.0 Å². The van der Waals surface area contributed by atoms with Crippen LogP contribution in [0.15, 0.2) is 18.2 Å². The summed E-state index contributed by atoms with van der Waals surface area (Å²) in [5, 5.41) is 9.88. The van der Waals surface area contributed by atoms with Crippen LogP contribution in [0.4, 0.5) is 0 Å². The van der Waals surface area contributed by atoms with Gasteiger partial charge in [0, 0.05) is 6.42 Å². The summed E-state index contributed by atoms with van der Waals surface area (Å²) in [6.45, 7) is 2.06. The Morgan fingerprint density at radius 2 is 1.88 bits per heavy atom. The van der Waals surface area contributed by atoms with Gasteiger partial charge in [0.2, 0.25) is 0 Å². The van der Waals surface area contributed by atoms with Gasteiger partial charge in [0.05, 0.1) is 0 Å². The summed E-state index contributed by atoms with van der Waals surface area (Å²) < 4.78 is 5.81. The standard InChI is InChI=1S/C20H26O4/c1-2-14-9-15(11-17(21)10-14)7-8-20(16-5-3-4-6-16)13-18(22)12-19(23)24-20/h9-11,16,21H,2-8,12-13H2,1H3. The van der Waals surface area contributed by atoms with Gasteiger partial charge in [0.1, 0.15) is 23.6 Å². The number of carbonyl (C=O) groups is 2. The van der Waals surface area contributed by atoms with Crippen LogP contribution < -0.4 is 0 Å². The van der Waals surface area contributed by atoms with Gasteiger partial charge in [0.15, 0.2) is 0 Å². The third kappa shape index (κ3) is 3.63. The number of benzene rings is 1. The second kappa shape index (κ2) is 6.96. The highest BCUT2D eigenvalue weighted by atomic mass is 16.6. The number of ether oxygens (including phenoxy) is 1. The number of carbonyl (C=O) groups excluding carboxylic acids is 2. The van der Waals surface area contributed by atoms with Gasteiger partial charge in [-0.3, -0.25) is 9.59 Å². The normalized spacial score (nSPS) is 25.0. The number of hydrogen-bond donors (Lipinski definition) is 1. The van der Waals surface area contributed by atoms with Crippen LogP contribution >= 0.6 is 0 Å². The SMILES string of the molecule is CCc1cc(O)cc(CCC2(C3CCCC3)CC(=O)CC(=O)O2)c1. The minimum Gasteiger partial charge on any atom is -0.508 e. The summed E-state index contributed by atoms with van der Waals surface area (Å²) in [6, 6.07) is 5.64. The van der Waals surface area contributed by atoms with E-state index in [1.54, 1.807) is 12.1 Å². The van der Waals surface area contributed by atoms with Crippen molar-refractivity contribution in [2.75, 3.05) is 0 Å². The largest absolute Gasteiger partial charge is 0.508 e. The summed E-state index contributed by atoms with van der Waals surface area (Å²) >= 11 is 0. The van der Waals surface area contributed by atoms with Crippen LogP contribution in [0.3, 0.4) is 0 Å². The van der Waals surface area contributed by atoms with E-state index in [0.29, 0.717) is 19.3 Å². The van der Waals surface area contributed by atoms with Crippen LogP contribution in [0.2, 0.25) is 0 Å². The molecule has 1 saturated heterocycles. The maximum atomic E-state index is 12.1. The Balaban J connectivity index is 1.80. The van der Waals surface area contributed by atoms with E-state index in [0.717, 1.165) is 43.2 Å². The van der Waals surface area contributed by atoms with E-state index in [1.807, 2.05) is 0 Å². The van der Waals surface area contributed by atoms with Gasteiger partial charge >= 0.3 is 5.97 Å². The van der Waals surface area contributed by atoms with Gasteiger partial charge in [0.25, 0.3) is 0 Å². The van der Waals surface area contributed by atoms with Crippen molar-refractivity contribution in [2.45, 2.75) is 70.3 Å². The Hall–Kier alpha value is -1.84. The minimum absolute atomic E-state index is 0.00306. The number of hydrogen-bond acceptors (Lipinski definition) is 4. The number of ketones is 1. The first-order valence-electron chi connectivity index (χ1n) is 9.06. The molecule has 4 nitrogen and oxygen atoms in total. The molecule has 4 heteroatoms. The van der Waals surface area contributed by atoms with Crippen LogP contribution in [-0.4, -0.2) is 22.5 Å². The van der Waals surface area contributed by atoms with E-state index in [2.05, 4.69) is 13.0 Å². The van der Waals surface area contributed by atoms with E-state index in [9.17, 15) is 14.7 Å². The Kier molecular flexibility index (Phi) is 4.93. The van der Waals surface area contributed by atoms with Crippen molar-refractivity contribution in [2.24, 2.45) is 5.92 Å². The molecular formula is C20H26O4. The molecule has 1 aromatic carbocycles. The molecular weight excluding hydrogens is 304 g/mol. The van der Waals surface area contributed by atoms with Gasteiger partial charge in [-0.25, -0.2) is 0 Å². The van der Waals surface area contributed by atoms with Crippen molar-refractivity contribution in [3.63, 3.8) is 0 Å². The lowest BCUT2D eigenvalue weighted by Crippen LogP contribution is -2.48. The summed E-state index contributed by atoms with van der Waals surface area (Å²) in [4.78, 5) is 24.0. The van der Waals surface area contributed by atoms with Crippen molar-refractivity contribution < 1.29 is 19.4 Å². The molecule has 1 atom stereocenters. The molecule has 1 aliphatic heterocycles. The number of cyclic esters (lactones) is 1. The van der Waals surface area contributed by atoms with Gasteiger partial charge in [-0.15, -0.1) is 0 Å². The zero-order valence-electron chi connectivity index (χ0n) is 14.3. The Morgan fingerprint density at radius 1 is 1.17 bits per heavy atom. The molecule has 1 aliphatic carbocycles. The summed E-state index contributed by atoms with van der Waals surface area (Å²) in [5.74, 6) is 0.191. The number of phenols is 1. The van der Waals surface area contributed by atoms with Crippen LogP contribution in [0, 0.1) is 5.92 Å². The van der Waals surface area contributed by atoms with Gasteiger partial charge < -0.3 is 9.84 Å². The highest BCUT2D eigenvalue weighted by molar-refractivity contribution is 5.98. The van der Waals surface area contributed by atoms with Crippen molar-refractivity contribution >= 4 is 11.8 Å². The molecule has 0 bridgehead atoms. The van der Waals surface area contributed by atoms with Gasteiger partial charge in [-0.2, -0.15) is 0 Å². The predicted molar refractivity (Wildman–Crippen MR) is 90.8 cm³/mol. The Morgan fingerprint density at radius 3 is 2.54 bits per heavy atom. The number of esters is 1. The Bertz CT molecular complexity index is 613. The quantitative estimate of drug-likeness (QED) is 0.660. The maximum Gasteiger partial charge on any atom is 0.313 e. The fourth-order valence-corrected chi connectivity index (χ4v) is 4.33. The van der Waals surface area contributed by atoms with Crippen LogP contribution in [0.5, 0.6) is 5.75 Å². The van der Waals surface area contributed by atoms with Crippen LogP contribution in [0.25, 0.3) is 0 Å². The zero-order valence-corrected chi connectivity index (χ0v) is 14.3. The lowest BCUT2D eigenvalue weighted by atomic mass is 9.76. The molecule has 0 aromatic heterocycles. The highest BCUT2D eigenvalue weighted by Gasteiger charge is 2.47. The molecule has 24 heavy (non-hydrogen) atoms.